The Kier molecular flexibility index (Phi) is 2.05. The van der Waals surface area contributed by atoms with Gasteiger partial charge < -0.3 is 0 Å². The van der Waals surface area contributed by atoms with Gasteiger partial charge in [-0.3, -0.25) is 4.55 Å². The molecule has 0 fully saturated rings. The molecule has 1 aliphatic carbocycles. The lowest BCUT2D eigenvalue weighted by atomic mass is 10.1. The zero-order valence-electron chi connectivity index (χ0n) is 5.87. The molecular weight excluding hydrogens is 190 g/mol. The average molecular weight is 196 g/mol. The second-order valence-corrected chi connectivity index (χ2v) is 4.04. The summed E-state index contributed by atoms with van der Waals surface area (Å²) in [5.74, 6) is -0.919. The zero-order valence-corrected chi connectivity index (χ0v) is 6.68. The van der Waals surface area contributed by atoms with Crippen molar-refractivity contribution in [2.45, 2.75) is 11.4 Å². The van der Waals surface area contributed by atoms with Crippen molar-refractivity contribution < 1.29 is 21.8 Å². The number of hydrogen-bond donors (Lipinski definition) is 1. The fourth-order valence-corrected chi connectivity index (χ4v) is 1.39. The molecule has 0 aromatic carbocycles. The predicted molar refractivity (Wildman–Crippen MR) is 38.3 cm³/mol. The summed E-state index contributed by atoms with van der Waals surface area (Å²) in [6.45, 7) is 0. The summed E-state index contributed by atoms with van der Waals surface area (Å²) in [4.78, 5) is 0. The van der Waals surface area contributed by atoms with Crippen LogP contribution in [0.2, 0.25) is 0 Å². The minimum absolute atomic E-state index is 0.603. The number of alkyl halides is 1. The Morgan fingerprint density at radius 1 is 1.58 bits per heavy atom. The van der Waals surface area contributed by atoms with E-state index in [1.54, 1.807) is 0 Å². The van der Waals surface area contributed by atoms with Crippen molar-refractivity contribution in [3.63, 3.8) is 0 Å². The van der Waals surface area contributed by atoms with Gasteiger partial charge in [-0.2, -0.15) is 8.42 Å². The van der Waals surface area contributed by atoms with Gasteiger partial charge in [0.05, 0.1) is 6.42 Å². The third-order valence-electron chi connectivity index (χ3n) is 1.46. The molecule has 0 heterocycles. The van der Waals surface area contributed by atoms with Crippen LogP contribution in [0.5, 0.6) is 0 Å². The van der Waals surface area contributed by atoms with E-state index < -0.39 is 27.4 Å². The van der Waals surface area contributed by atoms with E-state index in [9.17, 15) is 17.2 Å². The Hall–Kier alpha value is -0.750. The second kappa shape index (κ2) is 2.63. The zero-order chi connectivity index (χ0) is 9.41. The summed E-state index contributed by atoms with van der Waals surface area (Å²) in [6.07, 6.45) is 1.48. The van der Waals surface area contributed by atoms with Crippen LogP contribution in [0.25, 0.3) is 0 Å². The highest BCUT2D eigenvalue weighted by molar-refractivity contribution is 7.87. The SMILES string of the molecule is O=S(=O)(O)C1(F)C=CC=C(F)C1. The topological polar surface area (TPSA) is 54.4 Å². The van der Waals surface area contributed by atoms with E-state index in [1.165, 1.54) is 0 Å². The van der Waals surface area contributed by atoms with E-state index >= 15 is 0 Å². The number of rotatable bonds is 1. The van der Waals surface area contributed by atoms with Crippen LogP contribution in [0.1, 0.15) is 6.42 Å². The fourth-order valence-electron chi connectivity index (χ4n) is 0.822. The molecule has 0 aromatic heterocycles. The first kappa shape index (κ1) is 9.34. The molecule has 0 radical (unpaired) electrons. The normalized spacial score (nSPS) is 30.1. The van der Waals surface area contributed by atoms with Gasteiger partial charge in [0.15, 0.2) is 0 Å². The highest BCUT2D eigenvalue weighted by Gasteiger charge is 2.43. The third-order valence-corrected chi connectivity index (χ3v) is 2.60. The summed E-state index contributed by atoms with van der Waals surface area (Å²) >= 11 is 0. The quantitative estimate of drug-likeness (QED) is 0.644. The Balaban J connectivity index is 3.07. The van der Waals surface area contributed by atoms with Gasteiger partial charge in [0.1, 0.15) is 5.83 Å². The Labute approximate surface area is 68.1 Å². The van der Waals surface area contributed by atoms with E-state index in [4.69, 9.17) is 4.55 Å². The molecular formula is C6H6F2O3S. The summed E-state index contributed by atoms with van der Waals surface area (Å²) < 4.78 is 54.7. The molecule has 12 heavy (non-hydrogen) atoms. The molecule has 1 N–H and O–H groups in total. The monoisotopic (exact) mass is 196 g/mol. The molecule has 0 spiro atoms. The Morgan fingerprint density at radius 3 is 2.50 bits per heavy atom. The molecule has 0 aliphatic heterocycles. The minimum atomic E-state index is -4.89. The van der Waals surface area contributed by atoms with Crippen molar-refractivity contribution in [3.05, 3.63) is 24.1 Å². The molecule has 1 aliphatic rings. The van der Waals surface area contributed by atoms with Crippen molar-refractivity contribution in [2.75, 3.05) is 0 Å². The number of halogens is 2. The van der Waals surface area contributed by atoms with Crippen LogP contribution in [0, 0.1) is 0 Å². The van der Waals surface area contributed by atoms with Crippen molar-refractivity contribution in [1.29, 1.82) is 0 Å². The average Bonchev–Trinajstić information content (AvgIpc) is 1.83. The van der Waals surface area contributed by atoms with Crippen LogP contribution < -0.4 is 0 Å². The summed E-state index contributed by atoms with van der Waals surface area (Å²) in [7, 11) is -4.89. The molecule has 0 bridgehead atoms. The van der Waals surface area contributed by atoms with Gasteiger partial charge >= 0.3 is 10.1 Å². The third kappa shape index (κ3) is 1.54. The van der Waals surface area contributed by atoms with Gasteiger partial charge in [0.25, 0.3) is 5.00 Å². The van der Waals surface area contributed by atoms with Gasteiger partial charge in [0.2, 0.25) is 0 Å². The maximum atomic E-state index is 13.1. The lowest BCUT2D eigenvalue weighted by molar-refractivity contribution is 0.281. The summed E-state index contributed by atoms with van der Waals surface area (Å²) in [5.41, 5.74) is 0. The highest BCUT2D eigenvalue weighted by atomic mass is 32.2. The summed E-state index contributed by atoms with van der Waals surface area (Å²) in [6, 6.07) is 0. The van der Waals surface area contributed by atoms with Crippen molar-refractivity contribution >= 4 is 10.1 Å². The van der Waals surface area contributed by atoms with Gasteiger partial charge in [-0.05, 0) is 12.2 Å². The second-order valence-electron chi connectivity index (χ2n) is 2.41. The van der Waals surface area contributed by atoms with Gasteiger partial charge in [-0.1, -0.05) is 6.08 Å². The molecule has 1 atom stereocenters. The van der Waals surface area contributed by atoms with Crippen LogP contribution in [0.4, 0.5) is 8.78 Å². The van der Waals surface area contributed by atoms with E-state index in [0.29, 0.717) is 6.08 Å². The fraction of sp³-hybridized carbons (Fsp3) is 0.333. The molecule has 0 amide bonds. The molecule has 0 saturated carbocycles. The van der Waals surface area contributed by atoms with Crippen molar-refractivity contribution in [2.24, 2.45) is 0 Å². The van der Waals surface area contributed by atoms with E-state index in [-0.39, 0.29) is 0 Å². The number of hydrogen-bond acceptors (Lipinski definition) is 2. The maximum absolute atomic E-state index is 13.1. The first-order chi connectivity index (χ1) is 5.35. The van der Waals surface area contributed by atoms with Crippen LogP contribution in [-0.2, 0) is 10.1 Å². The van der Waals surface area contributed by atoms with Crippen LogP contribution >= 0.6 is 0 Å². The molecule has 3 nitrogen and oxygen atoms in total. The van der Waals surface area contributed by atoms with Gasteiger partial charge in [-0.25, -0.2) is 8.78 Å². The van der Waals surface area contributed by atoms with Gasteiger partial charge in [0, 0.05) is 0 Å². The minimum Gasteiger partial charge on any atom is -0.283 e. The highest BCUT2D eigenvalue weighted by Crippen LogP contribution is 2.31. The van der Waals surface area contributed by atoms with E-state index in [1.807, 2.05) is 0 Å². The standard InChI is InChI=1S/C6H6F2O3S/c7-5-2-1-3-6(8,4-5)12(9,10)11/h1-3H,4H2,(H,9,10,11). The molecule has 0 saturated heterocycles. The van der Waals surface area contributed by atoms with Crippen LogP contribution in [0.15, 0.2) is 24.1 Å². The first-order valence-electron chi connectivity index (χ1n) is 3.05. The van der Waals surface area contributed by atoms with Gasteiger partial charge in [-0.15, -0.1) is 0 Å². The predicted octanol–water partition coefficient (Wildman–Crippen LogP) is 1.35. The lowest BCUT2D eigenvalue weighted by Crippen LogP contribution is -2.32. The Morgan fingerprint density at radius 2 is 2.17 bits per heavy atom. The summed E-state index contributed by atoms with van der Waals surface area (Å²) in [5, 5.41) is -3.01. The lowest BCUT2D eigenvalue weighted by Gasteiger charge is -2.18. The Bertz CT molecular complexity index is 344. The van der Waals surface area contributed by atoms with Crippen molar-refractivity contribution in [1.82, 2.24) is 0 Å². The smallest absolute Gasteiger partial charge is 0.283 e. The number of allylic oxidation sites excluding steroid dienone is 3. The maximum Gasteiger partial charge on any atom is 0.304 e. The molecule has 1 unspecified atom stereocenters. The largest absolute Gasteiger partial charge is 0.304 e. The van der Waals surface area contributed by atoms with Crippen molar-refractivity contribution in [3.8, 4) is 0 Å². The van der Waals surface area contributed by atoms with Crippen LogP contribution in [0.3, 0.4) is 0 Å². The first-order valence-corrected chi connectivity index (χ1v) is 4.49. The van der Waals surface area contributed by atoms with E-state index in [0.717, 1.165) is 12.2 Å². The molecule has 68 valence electrons. The molecule has 6 heteroatoms. The van der Waals surface area contributed by atoms with Crippen LogP contribution in [-0.4, -0.2) is 18.0 Å². The molecule has 1 rings (SSSR count). The van der Waals surface area contributed by atoms with E-state index in [2.05, 4.69) is 0 Å². The molecule has 0 aromatic rings.